The van der Waals surface area contributed by atoms with Crippen LogP contribution in [0.4, 0.5) is 0 Å². The zero-order valence-electron chi connectivity index (χ0n) is 12.2. The van der Waals surface area contributed by atoms with Gasteiger partial charge >= 0.3 is 0 Å². The predicted octanol–water partition coefficient (Wildman–Crippen LogP) is 3.03. The van der Waals surface area contributed by atoms with Crippen LogP contribution in [0.25, 0.3) is 10.9 Å². The lowest BCUT2D eigenvalue weighted by atomic mass is 9.85. The van der Waals surface area contributed by atoms with Gasteiger partial charge in [0, 0.05) is 30.7 Å². The van der Waals surface area contributed by atoms with Gasteiger partial charge in [0.15, 0.2) is 0 Å². The maximum absolute atomic E-state index is 6.21. The maximum Gasteiger partial charge on any atom is 0.146 e. The zero-order valence-corrected chi connectivity index (χ0v) is 12.9. The number of nitrogens with one attached hydrogen (secondary N) is 1. The summed E-state index contributed by atoms with van der Waals surface area (Å²) in [6.45, 7) is 2.68. The molecule has 3 rings (SSSR count). The number of ether oxygens (including phenoxy) is 2. The fraction of sp³-hybridized carbons (Fsp3) is 0.438. The van der Waals surface area contributed by atoms with Gasteiger partial charge in [0.2, 0.25) is 0 Å². The van der Waals surface area contributed by atoms with Crippen LogP contribution < -0.4 is 10.1 Å². The molecule has 0 spiro atoms. The molecule has 0 amide bonds. The van der Waals surface area contributed by atoms with Crippen LogP contribution in [-0.4, -0.2) is 36.9 Å². The van der Waals surface area contributed by atoms with Crippen LogP contribution >= 0.6 is 11.6 Å². The SMILES string of the molecule is CCOC1C(NC)CC1Oc1ccc(Cl)c2cccnc12. The number of nitrogens with zero attached hydrogens (tertiary/aromatic N) is 1. The molecule has 2 aromatic rings. The third kappa shape index (κ3) is 2.71. The summed E-state index contributed by atoms with van der Waals surface area (Å²) in [4.78, 5) is 4.40. The Hall–Kier alpha value is -1.36. The van der Waals surface area contributed by atoms with E-state index in [1.807, 2.05) is 38.2 Å². The average Bonchev–Trinajstić information content (AvgIpc) is 2.51. The lowest BCUT2D eigenvalue weighted by Gasteiger charge is -2.43. The zero-order chi connectivity index (χ0) is 14.8. The Kier molecular flexibility index (Phi) is 4.29. The Morgan fingerprint density at radius 2 is 2.24 bits per heavy atom. The smallest absolute Gasteiger partial charge is 0.146 e. The minimum Gasteiger partial charge on any atom is -0.485 e. The summed E-state index contributed by atoms with van der Waals surface area (Å²) in [6.07, 6.45) is 2.81. The first-order valence-corrected chi connectivity index (χ1v) is 7.61. The number of fused-ring (bicyclic) bond motifs is 1. The quantitative estimate of drug-likeness (QED) is 0.922. The molecule has 0 radical (unpaired) electrons. The number of halogens is 1. The van der Waals surface area contributed by atoms with Crippen LogP contribution in [0.3, 0.4) is 0 Å². The predicted molar refractivity (Wildman–Crippen MR) is 84.0 cm³/mol. The van der Waals surface area contributed by atoms with E-state index >= 15 is 0 Å². The van der Waals surface area contributed by atoms with Crippen molar-refractivity contribution < 1.29 is 9.47 Å². The highest BCUT2D eigenvalue weighted by Gasteiger charge is 2.43. The van der Waals surface area contributed by atoms with Gasteiger partial charge in [0.25, 0.3) is 0 Å². The van der Waals surface area contributed by atoms with Gasteiger partial charge in [-0.3, -0.25) is 4.98 Å². The molecule has 1 aliphatic carbocycles. The third-order valence-electron chi connectivity index (χ3n) is 3.94. The van der Waals surface area contributed by atoms with Crippen molar-refractivity contribution in [3.05, 3.63) is 35.5 Å². The van der Waals surface area contributed by atoms with Gasteiger partial charge in [-0.05, 0) is 38.2 Å². The molecule has 0 aliphatic heterocycles. The van der Waals surface area contributed by atoms with E-state index in [0.717, 1.165) is 23.1 Å². The van der Waals surface area contributed by atoms with E-state index < -0.39 is 0 Å². The van der Waals surface area contributed by atoms with E-state index in [4.69, 9.17) is 21.1 Å². The highest BCUT2D eigenvalue weighted by Crippen LogP contribution is 2.34. The topological polar surface area (TPSA) is 43.4 Å². The van der Waals surface area contributed by atoms with Gasteiger partial charge in [-0.25, -0.2) is 0 Å². The molecule has 1 aromatic heterocycles. The van der Waals surface area contributed by atoms with Crippen molar-refractivity contribution >= 4 is 22.5 Å². The molecule has 1 heterocycles. The summed E-state index contributed by atoms with van der Waals surface area (Å²) >= 11 is 6.21. The average molecular weight is 307 g/mol. The molecular formula is C16H19ClN2O2. The Bertz CT molecular complexity index is 635. The number of pyridine rings is 1. The largest absolute Gasteiger partial charge is 0.485 e. The van der Waals surface area contributed by atoms with Gasteiger partial charge in [-0.1, -0.05) is 11.6 Å². The first-order valence-electron chi connectivity index (χ1n) is 7.23. The van der Waals surface area contributed by atoms with E-state index in [-0.39, 0.29) is 12.2 Å². The molecule has 0 bridgehead atoms. The third-order valence-corrected chi connectivity index (χ3v) is 4.27. The lowest BCUT2D eigenvalue weighted by Crippen LogP contribution is -2.60. The lowest BCUT2D eigenvalue weighted by molar-refractivity contribution is -0.102. The number of aromatic nitrogens is 1. The number of hydrogen-bond acceptors (Lipinski definition) is 4. The first kappa shape index (κ1) is 14.6. The van der Waals surface area contributed by atoms with E-state index in [0.29, 0.717) is 17.7 Å². The number of hydrogen-bond donors (Lipinski definition) is 1. The Morgan fingerprint density at radius 3 is 3.00 bits per heavy atom. The fourth-order valence-electron chi connectivity index (χ4n) is 2.77. The summed E-state index contributed by atoms with van der Waals surface area (Å²) in [5.41, 5.74) is 0.799. The Labute approximate surface area is 129 Å². The summed E-state index contributed by atoms with van der Waals surface area (Å²) in [5, 5.41) is 4.86. The van der Waals surface area contributed by atoms with Crippen molar-refractivity contribution in [2.24, 2.45) is 0 Å². The molecule has 1 aromatic carbocycles. The highest BCUT2D eigenvalue weighted by atomic mass is 35.5. The molecule has 3 unspecified atom stereocenters. The van der Waals surface area contributed by atoms with Crippen molar-refractivity contribution in [2.45, 2.75) is 31.6 Å². The monoisotopic (exact) mass is 306 g/mol. The molecule has 5 heteroatoms. The van der Waals surface area contributed by atoms with E-state index in [1.165, 1.54) is 0 Å². The van der Waals surface area contributed by atoms with Crippen LogP contribution in [0, 0.1) is 0 Å². The van der Waals surface area contributed by atoms with Crippen LogP contribution in [0.5, 0.6) is 5.75 Å². The summed E-state index contributed by atoms with van der Waals surface area (Å²) in [7, 11) is 1.95. The number of rotatable bonds is 5. The summed E-state index contributed by atoms with van der Waals surface area (Å²) < 4.78 is 11.9. The van der Waals surface area contributed by atoms with Crippen molar-refractivity contribution in [2.75, 3.05) is 13.7 Å². The molecule has 1 saturated carbocycles. The molecule has 3 atom stereocenters. The molecule has 112 valence electrons. The van der Waals surface area contributed by atoms with E-state index in [1.54, 1.807) is 6.20 Å². The second-order valence-corrected chi connectivity index (χ2v) is 5.56. The standard InChI is InChI=1S/C16H19ClN2O2/c1-3-20-16-12(18-2)9-14(16)21-13-7-6-11(17)10-5-4-8-19-15(10)13/h4-8,12,14,16,18H,3,9H2,1-2H3. The molecule has 21 heavy (non-hydrogen) atoms. The van der Waals surface area contributed by atoms with Gasteiger partial charge in [-0.15, -0.1) is 0 Å². The molecule has 1 N–H and O–H groups in total. The van der Waals surface area contributed by atoms with Crippen molar-refractivity contribution in [3.63, 3.8) is 0 Å². The van der Waals surface area contributed by atoms with Crippen molar-refractivity contribution in [1.82, 2.24) is 10.3 Å². The normalized spacial score (nSPS) is 24.8. The number of likely N-dealkylation sites (N-methyl/N-ethyl adjacent to an activating group) is 1. The van der Waals surface area contributed by atoms with Gasteiger partial charge in [0.05, 0.1) is 5.02 Å². The maximum atomic E-state index is 6.21. The summed E-state index contributed by atoms with van der Waals surface area (Å²) in [6, 6.07) is 7.91. The molecular weight excluding hydrogens is 288 g/mol. The molecule has 1 fully saturated rings. The van der Waals surface area contributed by atoms with Gasteiger partial charge in [-0.2, -0.15) is 0 Å². The Morgan fingerprint density at radius 1 is 1.38 bits per heavy atom. The van der Waals surface area contributed by atoms with Crippen LogP contribution in [-0.2, 0) is 4.74 Å². The summed E-state index contributed by atoms with van der Waals surface area (Å²) in [5.74, 6) is 0.763. The van der Waals surface area contributed by atoms with Crippen LogP contribution in [0.2, 0.25) is 5.02 Å². The number of benzene rings is 1. The molecule has 4 nitrogen and oxygen atoms in total. The first-order chi connectivity index (χ1) is 10.2. The molecule has 0 saturated heterocycles. The van der Waals surface area contributed by atoms with Crippen LogP contribution in [0.15, 0.2) is 30.5 Å². The minimum absolute atomic E-state index is 0.0498. The second-order valence-electron chi connectivity index (χ2n) is 5.15. The second kappa shape index (κ2) is 6.18. The minimum atomic E-state index is 0.0498. The highest BCUT2D eigenvalue weighted by molar-refractivity contribution is 6.35. The van der Waals surface area contributed by atoms with Crippen molar-refractivity contribution in [1.29, 1.82) is 0 Å². The van der Waals surface area contributed by atoms with E-state index in [2.05, 4.69) is 10.3 Å². The van der Waals surface area contributed by atoms with Crippen molar-refractivity contribution in [3.8, 4) is 5.75 Å². The Balaban J connectivity index is 1.84. The molecule has 1 aliphatic rings. The van der Waals surface area contributed by atoms with Crippen LogP contribution in [0.1, 0.15) is 13.3 Å². The van der Waals surface area contributed by atoms with E-state index in [9.17, 15) is 0 Å². The van der Waals surface area contributed by atoms with Gasteiger partial charge in [0.1, 0.15) is 23.5 Å². The van der Waals surface area contributed by atoms with Gasteiger partial charge < -0.3 is 14.8 Å². The fourth-order valence-corrected chi connectivity index (χ4v) is 2.98.